The van der Waals surface area contributed by atoms with E-state index in [1.165, 1.54) is 10.7 Å². The molecule has 0 aliphatic carbocycles. The zero-order chi connectivity index (χ0) is 22.5. The van der Waals surface area contributed by atoms with Crippen molar-refractivity contribution in [2.24, 2.45) is 0 Å². The van der Waals surface area contributed by atoms with Gasteiger partial charge >= 0.3 is 0 Å². The fraction of sp³-hybridized carbons (Fsp3) is 0.0400. The summed E-state index contributed by atoms with van der Waals surface area (Å²) in [7, 11) is 0. The van der Waals surface area contributed by atoms with Gasteiger partial charge in [-0.2, -0.15) is 5.10 Å². The predicted octanol–water partition coefficient (Wildman–Crippen LogP) is 4.24. The number of benzene rings is 2. The van der Waals surface area contributed by atoms with Crippen LogP contribution in [0.15, 0.2) is 83.8 Å². The number of halogens is 1. The normalized spacial score (nSPS) is 10.2. The van der Waals surface area contributed by atoms with E-state index in [4.69, 9.17) is 11.6 Å². The lowest BCUT2D eigenvalue weighted by atomic mass is 10.2. The van der Waals surface area contributed by atoms with E-state index in [1.807, 2.05) is 24.3 Å². The van der Waals surface area contributed by atoms with Gasteiger partial charge in [-0.25, -0.2) is 9.67 Å². The largest absolute Gasteiger partial charge is 0.320 e. The van der Waals surface area contributed by atoms with Crippen molar-refractivity contribution >= 4 is 23.2 Å². The summed E-state index contributed by atoms with van der Waals surface area (Å²) >= 11 is 5.95. The van der Waals surface area contributed by atoms with Crippen molar-refractivity contribution in [2.45, 2.75) is 6.92 Å². The maximum Gasteiger partial charge on any atom is 0.280 e. The van der Waals surface area contributed by atoms with Crippen molar-refractivity contribution in [2.75, 3.05) is 5.32 Å². The van der Waals surface area contributed by atoms with Crippen molar-refractivity contribution < 1.29 is 4.79 Å². The van der Waals surface area contributed by atoms with E-state index < -0.39 is 11.3 Å². The first-order valence-corrected chi connectivity index (χ1v) is 10.1. The molecule has 156 valence electrons. The number of nitrogens with zero attached hydrogens (tertiary/aromatic N) is 3. The lowest BCUT2D eigenvalue weighted by Crippen LogP contribution is -2.26. The molecule has 0 saturated carbocycles. The van der Waals surface area contributed by atoms with Crippen LogP contribution in [0.5, 0.6) is 0 Å². The third-order valence-electron chi connectivity index (χ3n) is 4.51. The highest BCUT2D eigenvalue weighted by Crippen LogP contribution is 2.15. The monoisotopic (exact) mass is 440 g/mol. The van der Waals surface area contributed by atoms with Gasteiger partial charge in [-0.3, -0.25) is 9.59 Å². The summed E-state index contributed by atoms with van der Waals surface area (Å²) in [5, 5.41) is 7.58. The first-order chi connectivity index (χ1) is 15.5. The van der Waals surface area contributed by atoms with E-state index in [9.17, 15) is 9.59 Å². The Kier molecular flexibility index (Phi) is 6.11. The first kappa shape index (κ1) is 21.0. The van der Waals surface area contributed by atoms with Crippen LogP contribution in [0.25, 0.3) is 5.69 Å². The molecule has 0 aliphatic heterocycles. The van der Waals surface area contributed by atoms with E-state index in [1.54, 1.807) is 55.6 Å². The SMILES string of the molecule is Cc1cc(=O)c(C(=O)Nc2cccc(C#Cc3ccccn3)c2)nn1-c1ccc(Cl)cc1. The van der Waals surface area contributed by atoms with Crippen molar-refractivity contribution in [1.82, 2.24) is 14.8 Å². The molecular weight excluding hydrogens is 424 g/mol. The predicted molar refractivity (Wildman–Crippen MR) is 124 cm³/mol. The Bertz CT molecular complexity index is 1400. The van der Waals surface area contributed by atoms with Gasteiger partial charge in [0.05, 0.1) is 5.69 Å². The molecule has 2 aromatic carbocycles. The molecule has 0 radical (unpaired) electrons. The molecule has 1 amide bonds. The highest BCUT2D eigenvalue weighted by Gasteiger charge is 2.16. The molecule has 0 unspecified atom stereocenters. The van der Waals surface area contributed by atoms with Crippen LogP contribution in [-0.2, 0) is 0 Å². The van der Waals surface area contributed by atoms with E-state index in [2.05, 4.69) is 27.2 Å². The number of rotatable bonds is 3. The van der Waals surface area contributed by atoms with Crippen LogP contribution in [0.3, 0.4) is 0 Å². The molecule has 4 aromatic rings. The number of carbonyl (C=O) groups excluding carboxylic acids is 1. The molecule has 0 bridgehead atoms. The third kappa shape index (κ3) is 4.91. The number of aromatic nitrogens is 3. The van der Waals surface area contributed by atoms with E-state index in [0.717, 1.165) is 0 Å². The van der Waals surface area contributed by atoms with Gasteiger partial charge in [-0.1, -0.05) is 29.7 Å². The Hall–Kier alpha value is -4.21. The summed E-state index contributed by atoms with van der Waals surface area (Å²) in [4.78, 5) is 29.4. The summed E-state index contributed by atoms with van der Waals surface area (Å²) < 4.78 is 1.53. The van der Waals surface area contributed by atoms with Gasteiger partial charge in [-0.15, -0.1) is 0 Å². The van der Waals surface area contributed by atoms with Crippen LogP contribution in [0.1, 0.15) is 27.4 Å². The molecule has 0 aliphatic rings. The van der Waals surface area contributed by atoms with Gasteiger partial charge in [0, 0.05) is 34.2 Å². The zero-order valence-electron chi connectivity index (χ0n) is 17.0. The summed E-state index contributed by atoms with van der Waals surface area (Å²) in [6.07, 6.45) is 1.67. The van der Waals surface area contributed by atoms with Gasteiger partial charge in [0.15, 0.2) is 5.69 Å². The lowest BCUT2D eigenvalue weighted by molar-refractivity contribution is 0.101. The average Bonchev–Trinajstić information content (AvgIpc) is 2.79. The minimum Gasteiger partial charge on any atom is -0.320 e. The Morgan fingerprint density at radius 2 is 1.81 bits per heavy atom. The maximum absolute atomic E-state index is 12.8. The molecule has 6 nitrogen and oxygen atoms in total. The molecule has 0 fully saturated rings. The molecule has 7 heteroatoms. The first-order valence-electron chi connectivity index (χ1n) is 9.71. The highest BCUT2D eigenvalue weighted by atomic mass is 35.5. The maximum atomic E-state index is 12.8. The van der Waals surface area contributed by atoms with Gasteiger partial charge in [0.1, 0.15) is 5.69 Å². The van der Waals surface area contributed by atoms with Crippen LogP contribution in [0.4, 0.5) is 5.69 Å². The quantitative estimate of drug-likeness (QED) is 0.483. The number of nitrogens with one attached hydrogen (secondary N) is 1. The molecule has 4 rings (SSSR count). The number of hydrogen-bond donors (Lipinski definition) is 1. The third-order valence-corrected chi connectivity index (χ3v) is 4.77. The summed E-state index contributed by atoms with van der Waals surface area (Å²) in [5.41, 5.74) is 2.46. The Balaban J connectivity index is 1.59. The molecule has 0 saturated heterocycles. The fourth-order valence-electron chi connectivity index (χ4n) is 2.99. The molecule has 2 heterocycles. The van der Waals surface area contributed by atoms with Crippen LogP contribution >= 0.6 is 11.6 Å². The van der Waals surface area contributed by atoms with Crippen molar-refractivity contribution in [3.63, 3.8) is 0 Å². The van der Waals surface area contributed by atoms with Crippen LogP contribution in [0, 0.1) is 18.8 Å². The van der Waals surface area contributed by atoms with Gasteiger partial charge in [0.2, 0.25) is 5.43 Å². The van der Waals surface area contributed by atoms with E-state index >= 15 is 0 Å². The highest BCUT2D eigenvalue weighted by molar-refractivity contribution is 6.30. The van der Waals surface area contributed by atoms with E-state index in [0.29, 0.717) is 33.3 Å². The minimum absolute atomic E-state index is 0.212. The number of pyridine rings is 1. The minimum atomic E-state index is -0.604. The second-order valence-electron chi connectivity index (χ2n) is 6.89. The van der Waals surface area contributed by atoms with Crippen molar-refractivity contribution in [3.8, 4) is 17.5 Å². The molecule has 0 spiro atoms. The molecule has 1 N–H and O–H groups in total. The zero-order valence-corrected chi connectivity index (χ0v) is 17.8. The van der Waals surface area contributed by atoms with Gasteiger partial charge in [0.25, 0.3) is 5.91 Å². The number of carbonyl (C=O) groups is 1. The van der Waals surface area contributed by atoms with Crippen LogP contribution in [-0.4, -0.2) is 20.7 Å². The second kappa shape index (κ2) is 9.29. The molecule has 32 heavy (non-hydrogen) atoms. The average molecular weight is 441 g/mol. The van der Waals surface area contributed by atoms with Crippen molar-refractivity contribution in [3.05, 3.63) is 117 Å². The Morgan fingerprint density at radius 1 is 1.00 bits per heavy atom. The number of aryl methyl sites for hydroxylation is 1. The Morgan fingerprint density at radius 3 is 2.56 bits per heavy atom. The fourth-order valence-corrected chi connectivity index (χ4v) is 3.11. The number of hydrogen-bond acceptors (Lipinski definition) is 4. The van der Waals surface area contributed by atoms with Crippen LogP contribution in [0.2, 0.25) is 5.02 Å². The molecule has 2 aromatic heterocycles. The topological polar surface area (TPSA) is 76.9 Å². The van der Waals surface area contributed by atoms with Gasteiger partial charge < -0.3 is 5.32 Å². The lowest BCUT2D eigenvalue weighted by Gasteiger charge is -2.11. The molecular formula is C25H17ClN4O2. The van der Waals surface area contributed by atoms with Gasteiger partial charge in [-0.05, 0) is 67.4 Å². The van der Waals surface area contributed by atoms with Crippen LogP contribution < -0.4 is 10.7 Å². The standard InChI is InChI=1S/C25H17ClN4O2/c1-17-15-23(31)24(29-30(17)22-12-9-19(26)10-13-22)25(32)28-21-7-4-5-18(16-21)8-11-20-6-2-3-14-27-20/h2-7,9-10,12-16H,1H3,(H,28,32). The Labute approximate surface area is 189 Å². The number of anilines is 1. The van der Waals surface area contributed by atoms with Crippen molar-refractivity contribution in [1.29, 1.82) is 0 Å². The summed E-state index contributed by atoms with van der Waals surface area (Å²) in [6, 6.07) is 20.9. The summed E-state index contributed by atoms with van der Waals surface area (Å²) in [5.74, 6) is 5.38. The molecule has 0 atom stereocenters. The number of amides is 1. The smallest absolute Gasteiger partial charge is 0.280 e. The second-order valence-corrected chi connectivity index (χ2v) is 7.32. The van der Waals surface area contributed by atoms with E-state index in [-0.39, 0.29) is 5.69 Å². The summed E-state index contributed by atoms with van der Waals surface area (Å²) in [6.45, 7) is 1.74.